The van der Waals surface area contributed by atoms with Gasteiger partial charge in [-0.1, -0.05) is 31.5 Å². The molecule has 3 unspecified atom stereocenters. The fourth-order valence-corrected chi connectivity index (χ4v) is 4.95. The van der Waals surface area contributed by atoms with Crippen molar-refractivity contribution in [3.63, 3.8) is 0 Å². The van der Waals surface area contributed by atoms with Crippen molar-refractivity contribution in [1.29, 1.82) is 0 Å². The Hall–Kier alpha value is -2.18. The molecule has 6 nitrogen and oxygen atoms in total. The summed E-state index contributed by atoms with van der Waals surface area (Å²) >= 11 is 6.18. The fourth-order valence-electron chi connectivity index (χ4n) is 4.78. The molecular weight excluding hydrogens is 450 g/mol. The number of allylic oxidation sites excluding steroid dienone is 1. The van der Waals surface area contributed by atoms with Crippen LogP contribution in [0.25, 0.3) is 5.76 Å². The van der Waals surface area contributed by atoms with Crippen molar-refractivity contribution >= 4 is 23.6 Å². The number of benzene rings is 1. The first kappa shape index (κ1) is 28.1. The summed E-state index contributed by atoms with van der Waals surface area (Å²) < 4.78 is 11.8. The average molecular weight is 492 g/mol. The topological polar surface area (TPSA) is 62.8 Å². The van der Waals surface area contributed by atoms with Crippen molar-refractivity contribution in [2.75, 3.05) is 47.4 Å². The summed E-state index contributed by atoms with van der Waals surface area (Å²) in [4.78, 5) is 13.9. The van der Waals surface area contributed by atoms with Gasteiger partial charge in [0.25, 0.3) is 0 Å². The van der Waals surface area contributed by atoms with E-state index >= 15 is 0 Å². The molecule has 3 atom stereocenters. The summed E-state index contributed by atoms with van der Waals surface area (Å²) in [5, 5.41) is 7.29. The first-order valence-corrected chi connectivity index (χ1v) is 12.7. The van der Waals surface area contributed by atoms with E-state index < -0.39 is 0 Å². The smallest absolute Gasteiger partial charge is 0.167 e. The molecule has 2 N–H and O–H groups in total. The second-order valence-corrected chi connectivity index (χ2v) is 9.88. The highest BCUT2D eigenvalue weighted by atomic mass is 35.5. The van der Waals surface area contributed by atoms with Crippen molar-refractivity contribution in [2.45, 2.75) is 39.5 Å². The monoisotopic (exact) mass is 491 g/mol. The second kappa shape index (κ2) is 14.3. The van der Waals surface area contributed by atoms with E-state index in [1.165, 1.54) is 0 Å². The van der Waals surface area contributed by atoms with Gasteiger partial charge in [-0.15, -0.1) is 0 Å². The lowest BCUT2D eigenvalue weighted by Crippen LogP contribution is -2.33. The van der Waals surface area contributed by atoms with Crippen molar-refractivity contribution in [3.8, 4) is 5.75 Å². The number of hydrogen-bond acceptors (Lipinski definition) is 6. The van der Waals surface area contributed by atoms with Crippen molar-refractivity contribution in [3.05, 3.63) is 46.8 Å². The minimum Gasteiger partial charge on any atom is -0.493 e. The summed E-state index contributed by atoms with van der Waals surface area (Å²) in [7, 11) is 5.96. The molecule has 0 aromatic heterocycles. The first-order chi connectivity index (χ1) is 16.3. The van der Waals surface area contributed by atoms with Crippen LogP contribution in [0.15, 0.2) is 36.2 Å². The third-order valence-corrected chi connectivity index (χ3v) is 6.55. The van der Waals surface area contributed by atoms with E-state index in [4.69, 9.17) is 21.1 Å². The maximum Gasteiger partial charge on any atom is 0.167 e. The van der Waals surface area contributed by atoms with Gasteiger partial charge in [-0.25, -0.2) is 0 Å². The number of ether oxygens (including phenoxy) is 2. The quantitative estimate of drug-likeness (QED) is 0.218. The Balaban J connectivity index is 1.93. The van der Waals surface area contributed by atoms with Crippen molar-refractivity contribution in [2.24, 2.45) is 17.8 Å². The summed E-state index contributed by atoms with van der Waals surface area (Å²) in [5.74, 6) is 2.51. The summed E-state index contributed by atoms with van der Waals surface area (Å²) in [6.07, 6.45) is 5.44. The number of nitrogens with one attached hydrogen (secondary N) is 2. The molecule has 7 heteroatoms. The Morgan fingerprint density at radius 3 is 2.71 bits per heavy atom. The van der Waals surface area contributed by atoms with Crippen LogP contribution in [0.2, 0.25) is 5.02 Å². The van der Waals surface area contributed by atoms with Gasteiger partial charge in [0.15, 0.2) is 6.29 Å². The molecule has 1 fully saturated rings. The van der Waals surface area contributed by atoms with Crippen LogP contribution in [0.1, 0.15) is 45.1 Å². The minimum atomic E-state index is 0.235. The number of carbonyl (C=O) groups excluding carboxylic acids is 1. The van der Waals surface area contributed by atoms with Gasteiger partial charge in [0.05, 0.1) is 24.5 Å². The van der Waals surface area contributed by atoms with Crippen LogP contribution in [0.5, 0.6) is 5.75 Å². The molecule has 0 saturated heterocycles. The zero-order valence-corrected chi connectivity index (χ0v) is 22.2. The van der Waals surface area contributed by atoms with E-state index in [0.29, 0.717) is 41.5 Å². The number of halogens is 1. The third-order valence-electron chi connectivity index (χ3n) is 6.32. The molecule has 0 heterocycles. The average Bonchev–Trinajstić information content (AvgIpc) is 2.81. The first-order valence-electron chi connectivity index (χ1n) is 12.3. The molecule has 0 aliphatic heterocycles. The predicted molar refractivity (Wildman–Crippen MR) is 141 cm³/mol. The second-order valence-electron chi connectivity index (χ2n) is 9.45. The van der Waals surface area contributed by atoms with E-state index in [2.05, 4.69) is 29.0 Å². The molecule has 1 aliphatic carbocycles. The van der Waals surface area contributed by atoms with E-state index in [0.717, 1.165) is 62.1 Å². The van der Waals surface area contributed by atoms with Gasteiger partial charge in [-0.3, -0.25) is 4.79 Å². The van der Waals surface area contributed by atoms with Gasteiger partial charge in [0.1, 0.15) is 11.5 Å². The van der Waals surface area contributed by atoms with Crippen LogP contribution >= 0.6 is 11.6 Å². The lowest BCUT2D eigenvalue weighted by atomic mass is 9.81. The highest BCUT2D eigenvalue weighted by Crippen LogP contribution is 2.33. The number of aldehydes is 1. The number of rotatable bonds is 14. The molecule has 0 amide bonds. The van der Waals surface area contributed by atoms with Crippen molar-refractivity contribution in [1.82, 2.24) is 15.5 Å². The van der Waals surface area contributed by atoms with Crippen LogP contribution < -0.4 is 15.4 Å². The van der Waals surface area contributed by atoms with E-state index in [1.54, 1.807) is 0 Å². The number of hydrogen-bond donors (Lipinski definition) is 2. The summed E-state index contributed by atoms with van der Waals surface area (Å²) in [6, 6.07) is 5.51. The highest BCUT2D eigenvalue weighted by molar-refractivity contribution is 6.30. The molecular formula is C27H42ClN3O3. The fraction of sp³-hybridized carbons (Fsp3) is 0.593. The lowest BCUT2D eigenvalue weighted by Gasteiger charge is -2.30. The molecule has 2 rings (SSSR count). The minimum absolute atomic E-state index is 0.235. The molecule has 34 heavy (non-hydrogen) atoms. The molecule has 190 valence electrons. The van der Waals surface area contributed by atoms with Gasteiger partial charge < -0.3 is 25.0 Å². The van der Waals surface area contributed by atoms with Crippen LogP contribution in [-0.4, -0.2) is 58.6 Å². The molecule has 0 bridgehead atoms. The largest absolute Gasteiger partial charge is 0.493 e. The molecule has 1 aromatic rings. The Bertz CT molecular complexity index is 840. The maximum atomic E-state index is 11.8. The van der Waals surface area contributed by atoms with E-state index in [1.807, 2.05) is 46.3 Å². The van der Waals surface area contributed by atoms with Crippen LogP contribution in [-0.2, 0) is 9.53 Å². The lowest BCUT2D eigenvalue weighted by molar-refractivity contribution is -0.105. The van der Waals surface area contributed by atoms with Gasteiger partial charge >= 0.3 is 0 Å². The Kier molecular flexibility index (Phi) is 11.8. The summed E-state index contributed by atoms with van der Waals surface area (Å²) in [6.45, 7) is 11.1. The predicted octanol–water partition coefficient (Wildman–Crippen LogP) is 4.95. The standard InChI is InChI=1S/C27H42ClN3O3/c1-7-33-26-12-11-23(28)14-24(26)20(3)34-18-22-10-8-9-21(13-22)15-30-25(17-32)27(29-4)19(2)16-31(5)6/h11-12,14,17,19,21-22,29-30H,3,7-10,13,15-16,18H2,1-2,4-6H3/b27-25+. The SMILES string of the molecule is C=C(OCC1CCCC(CN/C(C=O)=C(/NC)C(C)CN(C)C)C1)c1cc(Cl)ccc1OCC. The molecule has 0 radical (unpaired) electrons. The van der Waals surface area contributed by atoms with Crippen LogP contribution in [0.3, 0.4) is 0 Å². The molecule has 1 aromatic carbocycles. The number of carbonyl (C=O) groups is 1. The van der Waals surface area contributed by atoms with Gasteiger partial charge in [0, 0.05) is 36.8 Å². The van der Waals surface area contributed by atoms with Gasteiger partial charge in [0.2, 0.25) is 0 Å². The molecule has 1 aliphatic rings. The Labute approximate surface area is 210 Å². The Morgan fingerprint density at radius 1 is 1.32 bits per heavy atom. The van der Waals surface area contributed by atoms with E-state index in [9.17, 15) is 4.79 Å². The molecule has 0 spiro atoms. The summed E-state index contributed by atoms with van der Waals surface area (Å²) in [5.41, 5.74) is 2.42. The van der Waals surface area contributed by atoms with Gasteiger partial charge in [-0.2, -0.15) is 0 Å². The normalized spacial score (nSPS) is 19.7. The van der Waals surface area contributed by atoms with Crippen LogP contribution in [0.4, 0.5) is 0 Å². The highest BCUT2D eigenvalue weighted by Gasteiger charge is 2.24. The number of nitrogens with zero attached hydrogens (tertiary/aromatic N) is 1. The maximum absolute atomic E-state index is 11.8. The zero-order chi connectivity index (χ0) is 25.1. The Morgan fingerprint density at radius 2 is 2.06 bits per heavy atom. The molecule has 1 saturated carbocycles. The van der Waals surface area contributed by atoms with Gasteiger partial charge in [-0.05, 0) is 70.3 Å². The van der Waals surface area contributed by atoms with Crippen LogP contribution in [0, 0.1) is 17.8 Å². The third kappa shape index (κ3) is 8.55. The zero-order valence-electron chi connectivity index (χ0n) is 21.5. The van der Waals surface area contributed by atoms with Crippen molar-refractivity contribution < 1.29 is 14.3 Å². The van der Waals surface area contributed by atoms with E-state index in [-0.39, 0.29) is 5.92 Å².